The average molecular weight is 325 g/mol. The molecule has 0 amide bonds. The molecule has 0 aliphatic carbocycles. The van der Waals surface area contributed by atoms with E-state index in [0.29, 0.717) is 13.1 Å². The van der Waals surface area contributed by atoms with Crippen LogP contribution in [-0.4, -0.2) is 19.9 Å². The summed E-state index contributed by atoms with van der Waals surface area (Å²) in [6.45, 7) is 5.83. The van der Waals surface area contributed by atoms with E-state index in [1.54, 1.807) is 23.6 Å². The number of aryl methyl sites for hydroxylation is 1. The van der Waals surface area contributed by atoms with Crippen LogP contribution in [0.5, 0.6) is 0 Å². The minimum Gasteiger partial charge on any atom is -0.313 e. The highest BCUT2D eigenvalue weighted by Gasteiger charge is 2.16. The summed E-state index contributed by atoms with van der Waals surface area (Å²) in [6, 6.07) is 5.29. The zero-order valence-electron chi connectivity index (χ0n) is 12.1. The quantitative estimate of drug-likeness (QED) is 0.817. The number of thiophene rings is 1. The topological polar surface area (TPSA) is 71.1 Å². The minimum atomic E-state index is -3.57. The highest BCUT2D eigenvalue weighted by molar-refractivity contribution is 7.89. The number of aromatic nitrogens is 1. The smallest absolute Gasteiger partial charge is 0.258 e. The van der Waals surface area contributed by atoms with Crippen molar-refractivity contribution in [2.75, 3.05) is 6.54 Å². The maximum absolute atomic E-state index is 12.2. The van der Waals surface area contributed by atoms with Gasteiger partial charge in [-0.05, 0) is 42.1 Å². The number of hydrogen-bond acceptors (Lipinski definition) is 5. The van der Waals surface area contributed by atoms with E-state index in [9.17, 15) is 8.42 Å². The lowest BCUT2D eigenvalue weighted by Gasteiger charge is -2.07. The van der Waals surface area contributed by atoms with Crippen LogP contribution in [0.1, 0.15) is 22.9 Å². The zero-order valence-corrected chi connectivity index (χ0v) is 13.7. The lowest BCUT2D eigenvalue weighted by molar-refractivity contribution is 0.577. The first-order valence-corrected chi connectivity index (χ1v) is 9.07. The second-order valence-corrected chi connectivity index (χ2v) is 7.35. The molecule has 0 radical (unpaired) electrons. The largest absolute Gasteiger partial charge is 0.313 e. The molecule has 2 N–H and O–H groups in total. The fourth-order valence-electron chi connectivity index (χ4n) is 1.76. The van der Waals surface area contributed by atoms with Crippen molar-refractivity contribution < 1.29 is 8.42 Å². The van der Waals surface area contributed by atoms with E-state index in [4.69, 9.17) is 0 Å². The molecule has 0 spiro atoms. The number of sulfonamides is 1. The zero-order chi connectivity index (χ0) is 15.3. The van der Waals surface area contributed by atoms with Gasteiger partial charge < -0.3 is 5.32 Å². The van der Waals surface area contributed by atoms with E-state index in [1.165, 1.54) is 6.07 Å². The molecule has 114 valence electrons. The van der Waals surface area contributed by atoms with Crippen molar-refractivity contribution in [3.8, 4) is 0 Å². The second kappa shape index (κ2) is 7.13. The lowest BCUT2D eigenvalue weighted by Crippen LogP contribution is -2.24. The van der Waals surface area contributed by atoms with E-state index in [2.05, 4.69) is 15.0 Å². The SMILES string of the molecule is CCNCc1ccc(S(=O)(=O)NCc2sccc2C)nc1. The molecular formula is C14H19N3O2S2. The van der Waals surface area contributed by atoms with E-state index >= 15 is 0 Å². The summed E-state index contributed by atoms with van der Waals surface area (Å²) in [5.41, 5.74) is 2.06. The third-order valence-electron chi connectivity index (χ3n) is 3.04. The van der Waals surface area contributed by atoms with Crippen LogP contribution in [-0.2, 0) is 23.1 Å². The van der Waals surface area contributed by atoms with Crippen LogP contribution in [0.2, 0.25) is 0 Å². The maximum Gasteiger partial charge on any atom is 0.258 e. The molecule has 7 heteroatoms. The highest BCUT2D eigenvalue weighted by Crippen LogP contribution is 2.16. The monoisotopic (exact) mass is 325 g/mol. The molecule has 0 atom stereocenters. The molecule has 0 aliphatic rings. The summed E-state index contributed by atoms with van der Waals surface area (Å²) in [6.07, 6.45) is 1.59. The van der Waals surface area contributed by atoms with E-state index in [1.807, 2.05) is 25.3 Å². The van der Waals surface area contributed by atoms with E-state index < -0.39 is 10.0 Å². The Hall–Kier alpha value is -1.28. The first-order valence-electron chi connectivity index (χ1n) is 6.71. The number of hydrogen-bond donors (Lipinski definition) is 2. The van der Waals surface area contributed by atoms with E-state index in [-0.39, 0.29) is 5.03 Å². The van der Waals surface area contributed by atoms with Gasteiger partial charge in [0.05, 0.1) is 0 Å². The van der Waals surface area contributed by atoms with Gasteiger partial charge in [0.2, 0.25) is 0 Å². The Morgan fingerprint density at radius 2 is 2.05 bits per heavy atom. The van der Waals surface area contributed by atoms with Gasteiger partial charge in [0, 0.05) is 24.2 Å². The number of nitrogens with zero attached hydrogens (tertiary/aromatic N) is 1. The summed E-state index contributed by atoms with van der Waals surface area (Å²) < 4.78 is 26.9. The average Bonchev–Trinajstić information content (AvgIpc) is 2.89. The van der Waals surface area contributed by atoms with Crippen molar-refractivity contribution in [2.45, 2.75) is 32.0 Å². The Morgan fingerprint density at radius 3 is 2.62 bits per heavy atom. The van der Waals surface area contributed by atoms with Gasteiger partial charge in [0.15, 0.2) is 5.03 Å². The molecule has 2 aromatic heterocycles. The molecule has 0 unspecified atom stereocenters. The molecule has 0 saturated heterocycles. The predicted octanol–water partition coefficient (Wildman–Crippen LogP) is 2.04. The van der Waals surface area contributed by atoms with Crippen LogP contribution in [0.15, 0.2) is 34.8 Å². The van der Waals surface area contributed by atoms with E-state index in [0.717, 1.165) is 22.5 Å². The Labute approximate surface area is 129 Å². The van der Waals surface area contributed by atoms with Crippen LogP contribution in [0.4, 0.5) is 0 Å². The standard InChI is InChI=1S/C14H19N3O2S2/c1-3-15-8-12-4-5-14(16-9-12)21(18,19)17-10-13-11(2)6-7-20-13/h4-7,9,15,17H,3,8,10H2,1-2H3. The summed E-state index contributed by atoms with van der Waals surface area (Å²) in [5.74, 6) is 0. The van der Waals surface area contributed by atoms with Gasteiger partial charge >= 0.3 is 0 Å². The Kier molecular flexibility index (Phi) is 5.46. The molecule has 2 heterocycles. The summed E-state index contributed by atoms with van der Waals surface area (Å²) >= 11 is 1.54. The minimum absolute atomic E-state index is 0.0527. The van der Waals surface area contributed by atoms with Crippen molar-refractivity contribution in [3.63, 3.8) is 0 Å². The molecule has 2 rings (SSSR count). The predicted molar refractivity (Wildman–Crippen MR) is 84.7 cm³/mol. The first kappa shape index (κ1) is 16.1. The van der Waals surface area contributed by atoms with Crippen molar-refractivity contribution in [2.24, 2.45) is 0 Å². The third-order valence-corrected chi connectivity index (χ3v) is 5.38. The van der Waals surface area contributed by atoms with Crippen LogP contribution in [0.3, 0.4) is 0 Å². The number of nitrogens with one attached hydrogen (secondary N) is 2. The van der Waals surface area contributed by atoms with Crippen molar-refractivity contribution in [1.29, 1.82) is 0 Å². The molecule has 0 saturated carbocycles. The molecule has 2 aromatic rings. The van der Waals surface area contributed by atoms with Crippen LogP contribution in [0.25, 0.3) is 0 Å². The Morgan fingerprint density at radius 1 is 1.24 bits per heavy atom. The summed E-state index contributed by atoms with van der Waals surface area (Å²) in [7, 11) is -3.57. The summed E-state index contributed by atoms with van der Waals surface area (Å²) in [5, 5.41) is 5.17. The van der Waals surface area contributed by atoms with Crippen molar-refractivity contribution in [1.82, 2.24) is 15.0 Å². The molecule has 0 aromatic carbocycles. The number of rotatable bonds is 7. The maximum atomic E-state index is 12.2. The van der Waals surface area contributed by atoms with Crippen LogP contribution >= 0.6 is 11.3 Å². The Bertz CT molecular complexity index is 678. The molecule has 5 nitrogen and oxygen atoms in total. The molecule has 0 aliphatic heterocycles. The molecule has 0 fully saturated rings. The fourth-order valence-corrected chi connectivity index (χ4v) is 3.62. The van der Waals surface area contributed by atoms with Crippen molar-refractivity contribution in [3.05, 3.63) is 45.8 Å². The lowest BCUT2D eigenvalue weighted by atomic mass is 10.3. The van der Waals surface area contributed by atoms with Gasteiger partial charge in [-0.2, -0.15) is 0 Å². The van der Waals surface area contributed by atoms with Crippen molar-refractivity contribution >= 4 is 21.4 Å². The summed E-state index contributed by atoms with van der Waals surface area (Å²) in [4.78, 5) is 5.05. The van der Waals surface area contributed by atoms with Gasteiger partial charge in [0.25, 0.3) is 10.0 Å². The van der Waals surface area contributed by atoms with Crippen LogP contribution in [0, 0.1) is 6.92 Å². The Balaban J connectivity index is 2.03. The normalized spacial score (nSPS) is 11.7. The van der Waals surface area contributed by atoms with Crippen LogP contribution < -0.4 is 10.0 Å². The number of pyridine rings is 1. The highest BCUT2D eigenvalue weighted by atomic mass is 32.2. The van der Waals surface area contributed by atoms with Gasteiger partial charge in [-0.15, -0.1) is 11.3 Å². The van der Waals surface area contributed by atoms with Gasteiger partial charge in [0.1, 0.15) is 0 Å². The second-order valence-electron chi connectivity index (χ2n) is 4.64. The van der Waals surface area contributed by atoms with Gasteiger partial charge in [-0.3, -0.25) is 0 Å². The molecule has 0 bridgehead atoms. The van der Waals surface area contributed by atoms with Gasteiger partial charge in [-0.25, -0.2) is 18.1 Å². The van der Waals surface area contributed by atoms with Gasteiger partial charge in [-0.1, -0.05) is 13.0 Å². The third kappa shape index (κ3) is 4.34. The first-order chi connectivity index (χ1) is 10.0. The molecule has 21 heavy (non-hydrogen) atoms. The fraction of sp³-hybridized carbons (Fsp3) is 0.357. The molecular weight excluding hydrogens is 306 g/mol.